The van der Waals surface area contributed by atoms with Crippen LogP contribution >= 0.6 is 0 Å². The third-order valence-electron chi connectivity index (χ3n) is 5.22. The van der Waals surface area contributed by atoms with Gasteiger partial charge in [-0.15, -0.1) is 0 Å². The van der Waals surface area contributed by atoms with Crippen molar-refractivity contribution in [1.29, 1.82) is 0 Å². The molecule has 3 unspecified atom stereocenters. The number of carbonyl (C=O) groups is 1. The Morgan fingerprint density at radius 1 is 1.32 bits per heavy atom. The van der Waals surface area contributed by atoms with Gasteiger partial charge in [-0.2, -0.15) is 0 Å². The van der Waals surface area contributed by atoms with E-state index in [1.165, 1.54) is 6.07 Å². The lowest BCUT2D eigenvalue weighted by Gasteiger charge is -2.38. The largest absolute Gasteiger partial charge is 0.349 e. The molecule has 3 rings (SSSR count). The van der Waals surface area contributed by atoms with E-state index < -0.39 is 5.54 Å². The van der Waals surface area contributed by atoms with E-state index in [9.17, 15) is 9.59 Å². The summed E-state index contributed by atoms with van der Waals surface area (Å²) in [6.45, 7) is 1.99. The highest BCUT2D eigenvalue weighted by Crippen LogP contribution is 2.33. The summed E-state index contributed by atoms with van der Waals surface area (Å²) in [6.07, 6.45) is 6.70. The number of fused-ring (bicyclic) bond motifs is 1. The van der Waals surface area contributed by atoms with Gasteiger partial charge in [0, 0.05) is 17.3 Å². The molecule has 0 aliphatic heterocycles. The number of hydrogen-bond donors (Lipinski definition) is 3. The SMILES string of the molecule is CC1(N)CCCCC1C(=O)NC1CCCc2[nH]c(=O)ccc21. The van der Waals surface area contributed by atoms with Crippen molar-refractivity contribution in [2.24, 2.45) is 11.7 Å². The van der Waals surface area contributed by atoms with E-state index in [1.807, 2.05) is 13.0 Å². The van der Waals surface area contributed by atoms with Crippen molar-refractivity contribution in [3.8, 4) is 0 Å². The smallest absolute Gasteiger partial charge is 0.248 e. The molecule has 0 bridgehead atoms. The molecule has 2 aliphatic carbocycles. The Labute approximate surface area is 130 Å². The molecular weight excluding hydrogens is 278 g/mol. The number of aromatic amines is 1. The first kappa shape index (κ1) is 15.3. The molecule has 120 valence electrons. The van der Waals surface area contributed by atoms with Gasteiger partial charge in [0.15, 0.2) is 0 Å². The summed E-state index contributed by atoms with van der Waals surface area (Å²) < 4.78 is 0. The van der Waals surface area contributed by atoms with Crippen LogP contribution in [0.25, 0.3) is 0 Å². The first-order valence-electron chi connectivity index (χ1n) is 8.29. The number of pyridine rings is 1. The summed E-state index contributed by atoms with van der Waals surface area (Å²) >= 11 is 0. The Morgan fingerprint density at radius 2 is 2.14 bits per heavy atom. The van der Waals surface area contributed by atoms with E-state index in [4.69, 9.17) is 5.73 Å². The highest BCUT2D eigenvalue weighted by Gasteiger charge is 2.38. The summed E-state index contributed by atoms with van der Waals surface area (Å²) in [6, 6.07) is 3.38. The van der Waals surface area contributed by atoms with Gasteiger partial charge in [-0.25, -0.2) is 0 Å². The molecule has 22 heavy (non-hydrogen) atoms. The molecular formula is C17H25N3O2. The fraction of sp³-hybridized carbons (Fsp3) is 0.647. The Balaban J connectivity index is 1.77. The van der Waals surface area contributed by atoms with E-state index in [0.29, 0.717) is 0 Å². The minimum Gasteiger partial charge on any atom is -0.349 e. The average Bonchev–Trinajstić information content (AvgIpc) is 2.46. The Kier molecular flexibility index (Phi) is 4.08. The maximum atomic E-state index is 12.7. The number of amides is 1. The lowest BCUT2D eigenvalue weighted by Crippen LogP contribution is -2.53. The monoisotopic (exact) mass is 303 g/mol. The molecule has 2 aliphatic rings. The zero-order valence-corrected chi connectivity index (χ0v) is 13.2. The molecule has 1 saturated carbocycles. The number of carbonyl (C=O) groups excluding carboxylic acids is 1. The minimum atomic E-state index is -0.412. The fourth-order valence-electron chi connectivity index (χ4n) is 3.91. The van der Waals surface area contributed by atoms with Crippen LogP contribution in [-0.2, 0) is 11.2 Å². The first-order chi connectivity index (χ1) is 10.5. The molecule has 4 N–H and O–H groups in total. The van der Waals surface area contributed by atoms with Crippen LogP contribution in [0.15, 0.2) is 16.9 Å². The van der Waals surface area contributed by atoms with Gasteiger partial charge in [-0.1, -0.05) is 12.8 Å². The summed E-state index contributed by atoms with van der Waals surface area (Å²) in [7, 11) is 0. The van der Waals surface area contributed by atoms with Crippen LogP contribution in [0.1, 0.15) is 62.7 Å². The van der Waals surface area contributed by atoms with Crippen molar-refractivity contribution in [3.05, 3.63) is 33.7 Å². The second-order valence-electron chi connectivity index (χ2n) is 7.01. The third kappa shape index (κ3) is 2.95. The van der Waals surface area contributed by atoms with Crippen molar-refractivity contribution in [2.45, 2.75) is 63.5 Å². The van der Waals surface area contributed by atoms with Crippen LogP contribution in [0.5, 0.6) is 0 Å². The molecule has 0 spiro atoms. The maximum Gasteiger partial charge on any atom is 0.248 e. The molecule has 1 aromatic heterocycles. The van der Waals surface area contributed by atoms with Gasteiger partial charge in [0.1, 0.15) is 0 Å². The van der Waals surface area contributed by atoms with Crippen LogP contribution in [0, 0.1) is 5.92 Å². The maximum absolute atomic E-state index is 12.7. The van der Waals surface area contributed by atoms with Crippen LogP contribution in [0.2, 0.25) is 0 Å². The molecule has 1 fully saturated rings. The van der Waals surface area contributed by atoms with E-state index in [-0.39, 0.29) is 23.4 Å². The molecule has 1 amide bonds. The van der Waals surface area contributed by atoms with Gasteiger partial charge in [-0.05, 0) is 50.7 Å². The van der Waals surface area contributed by atoms with Gasteiger partial charge < -0.3 is 16.0 Å². The van der Waals surface area contributed by atoms with E-state index >= 15 is 0 Å². The summed E-state index contributed by atoms with van der Waals surface area (Å²) in [5.74, 6) is -0.0527. The molecule has 5 nitrogen and oxygen atoms in total. The molecule has 5 heteroatoms. The normalized spacial score (nSPS) is 31.4. The van der Waals surface area contributed by atoms with E-state index in [0.717, 1.165) is 56.2 Å². The highest BCUT2D eigenvalue weighted by atomic mass is 16.2. The number of rotatable bonds is 2. The second kappa shape index (κ2) is 5.88. The molecule has 0 aromatic carbocycles. The predicted octanol–water partition coefficient (Wildman–Crippen LogP) is 1.78. The molecule has 1 heterocycles. The number of H-pyrrole nitrogens is 1. The Hall–Kier alpha value is -1.62. The van der Waals surface area contributed by atoms with Crippen molar-refractivity contribution in [2.75, 3.05) is 0 Å². The fourth-order valence-corrected chi connectivity index (χ4v) is 3.91. The number of nitrogens with two attached hydrogens (primary N) is 1. The molecule has 3 atom stereocenters. The number of aromatic nitrogens is 1. The summed E-state index contributed by atoms with van der Waals surface area (Å²) in [5, 5.41) is 3.18. The van der Waals surface area contributed by atoms with Crippen LogP contribution in [0.3, 0.4) is 0 Å². The van der Waals surface area contributed by atoms with Crippen molar-refractivity contribution < 1.29 is 4.79 Å². The quantitative estimate of drug-likeness (QED) is 0.778. The van der Waals surface area contributed by atoms with Gasteiger partial charge in [0.05, 0.1) is 12.0 Å². The zero-order valence-electron chi connectivity index (χ0n) is 13.2. The number of hydrogen-bond acceptors (Lipinski definition) is 3. The number of nitrogens with one attached hydrogen (secondary N) is 2. The first-order valence-corrected chi connectivity index (χ1v) is 8.29. The standard InChI is InChI=1S/C17H25N3O2/c1-17(18)10-3-2-5-12(17)16(22)20-14-7-4-6-13-11(14)8-9-15(21)19-13/h8-9,12,14H,2-7,10,18H2,1H3,(H,19,21)(H,20,22). The van der Waals surface area contributed by atoms with Gasteiger partial charge in [0.2, 0.25) is 11.5 Å². The highest BCUT2D eigenvalue weighted by molar-refractivity contribution is 5.80. The average molecular weight is 303 g/mol. The Morgan fingerprint density at radius 3 is 2.91 bits per heavy atom. The third-order valence-corrected chi connectivity index (χ3v) is 5.22. The lowest BCUT2D eigenvalue weighted by atomic mass is 9.74. The topological polar surface area (TPSA) is 88.0 Å². The minimum absolute atomic E-state index is 0.00849. The van der Waals surface area contributed by atoms with Crippen molar-refractivity contribution >= 4 is 5.91 Å². The van der Waals surface area contributed by atoms with E-state index in [2.05, 4.69) is 10.3 Å². The van der Waals surface area contributed by atoms with Gasteiger partial charge >= 0.3 is 0 Å². The van der Waals surface area contributed by atoms with Crippen LogP contribution < -0.4 is 16.6 Å². The lowest BCUT2D eigenvalue weighted by molar-refractivity contribution is -0.129. The van der Waals surface area contributed by atoms with Gasteiger partial charge in [-0.3, -0.25) is 9.59 Å². The molecule has 0 saturated heterocycles. The summed E-state index contributed by atoms with van der Waals surface area (Å²) in [4.78, 5) is 27.0. The van der Waals surface area contributed by atoms with Crippen molar-refractivity contribution in [3.63, 3.8) is 0 Å². The predicted molar refractivity (Wildman–Crippen MR) is 85.4 cm³/mol. The van der Waals surface area contributed by atoms with Crippen LogP contribution in [0.4, 0.5) is 0 Å². The molecule has 1 aromatic rings. The Bertz CT molecular complexity index is 621. The van der Waals surface area contributed by atoms with Crippen LogP contribution in [-0.4, -0.2) is 16.4 Å². The second-order valence-corrected chi connectivity index (χ2v) is 7.01. The van der Waals surface area contributed by atoms with Crippen molar-refractivity contribution in [1.82, 2.24) is 10.3 Å². The van der Waals surface area contributed by atoms with Gasteiger partial charge in [0.25, 0.3) is 0 Å². The number of aryl methyl sites for hydroxylation is 1. The molecule has 0 radical (unpaired) electrons. The summed E-state index contributed by atoms with van der Waals surface area (Å²) in [5.41, 5.74) is 7.86. The van der Waals surface area contributed by atoms with E-state index in [1.54, 1.807) is 0 Å². The zero-order chi connectivity index (χ0) is 15.7.